The zero-order chi connectivity index (χ0) is 18.5. The number of amides is 2. The molecule has 134 valence electrons. The maximum absolute atomic E-state index is 12.1. The molecule has 0 aromatic rings. The van der Waals surface area contributed by atoms with Gasteiger partial charge < -0.3 is 10.5 Å². The SMILES string of the molecule is CC(C)(CO)C(=N)CC(=O)NC(=O)C(C)(C)SCCC(F)(F)F. The fraction of sp³-hybridized carbons (Fsp3) is 0.786. The van der Waals surface area contributed by atoms with E-state index in [4.69, 9.17) is 10.5 Å². The molecule has 0 radical (unpaired) electrons. The van der Waals surface area contributed by atoms with Crippen molar-refractivity contribution in [1.82, 2.24) is 5.32 Å². The second-order valence-corrected chi connectivity index (χ2v) is 8.02. The lowest BCUT2D eigenvalue weighted by atomic mass is 9.86. The third kappa shape index (κ3) is 8.36. The summed E-state index contributed by atoms with van der Waals surface area (Å²) in [6.45, 7) is 5.72. The predicted molar refractivity (Wildman–Crippen MR) is 83.6 cm³/mol. The quantitative estimate of drug-likeness (QED) is 0.583. The third-order valence-corrected chi connectivity index (χ3v) is 4.51. The number of thioether (sulfide) groups is 1. The number of carbonyl (C=O) groups excluding carboxylic acids is 2. The zero-order valence-electron chi connectivity index (χ0n) is 13.6. The first-order valence-electron chi connectivity index (χ1n) is 6.95. The van der Waals surface area contributed by atoms with Crippen LogP contribution < -0.4 is 5.32 Å². The number of hydrogen-bond donors (Lipinski definition) is 3. The Balaban J connectivity index is 4.50. The highest BCUT2D eigenvalue weighted by atomic mass is 32.2. The van der Waals surface area contributed by atoms with Crippen molar-refractivity contribution in [2.75, 3.05) is 12.4 Å². The van der Waals surface area contributed by atoms with Crippen LogP contribution in [-0.4, -0.2) is 45.9 Å². The van der Waals surface area contributed by atoms with Crippen LogP contribution in [0.5, 0.6) is 0 Å². The minimum atomic E-state index is -4.29. The van der Waals surface area contributed by atoms with Crippen molar-refractivity contribution in [3.05, 3.63) is 0 Å². The van der Waals surface area contributed by atoms with Crippen LogP contribution in [0.3, 0.4) is 0 Å². The van der Waals surface area contributed by atoms with Crippen LogP contribution in [0.4, 0.5) is 13.2 Å². The first-order valence-corrected chi connectivity index (χ1v) is 7.93. The lowest BCUT2D eigenvalue weighted by molar-refractivity contribution is -0.132. The van der Waals surface area contributed by atoms with Gasteiger partial charge in [0.2, 0.25) is 11.8 Å². The molecule has 0 aromatic heterocycles. The van der Waals surface area contributed by atoms with Gasteiger partial charge >= 0.3 is 6.18 Å². The van der Waals surface area contributed by atoms with Crippen molar-refractivity contribution in [3.8, 4) is 0 Å². The number of halogens is 3. The van der Waals surface area contributed by atoms with Crippen molar-refractivity contribution in [2.45, 2.75) is 51.5 Å². The molecule has 0 spiro atoms. The van der Waals surface area contributed by atoms with Gasteiger partial charge in [0.25, 0.3) is 0 Å². The van der Waals surface area contributed by atoms with E-state index in [-0.39, 0.29) is 24.5 Å². The van der Waals surface area contributed by atoms with Gasteiger partial charge in [0, 0.05) is 16.9 Å². The van der Waals surface area contributed by atoms with Gasteiger partial charge in [-0.2, -0.15) is 13.2 Å². The summed E-state index contributed by atoms with van der Waals surface area (Å²) < 4.78 is 35.2. The highest BCUT2D eigenvalue weighted by Crippen LogP contribution is 2.29. The minimum Gasteiger partial charge on any atom is -0.395 e. The van der Waals surface area contributed by atoms with Crippen LogP contribution in [0.2, 0.25) is 0 Å². The first-order chi connectivity index (χ1) is 10.2. The Morgan fingerprint density at radius 1 is 1.17 bits per heavy atom. The van der Waals surface area contributed by atoms with E-state index >= 15 is 0 Å². The Morgan fingerprint density at radius 2 is 1.70 bits per heavy atom. The number of imide groups is 1. The third-order valence-electron chi connectivity index (χ3n) is 3.20. The van der Waals surface area contributed by atoms with Gasteiger partial charge in [-0.25, -0.2) is 0 Å². The molecule has 0 aromatic carbocycles. The summed E-state index contributed by atoms with van der Waals surface area (Å²) in [5.41, 5.74) is -0.912. The summed E-state index contributed by atoms with van der Waals surface area (Å²) in [4.78, 5) is 23.7. The van der Waals surface area contributed by atoms with E-state index in [1.54, 1.807) is 13.8 Å². The lowest BCUT2D eigenvalue weighted by Crippen LogP contribution is -2.44. The molecule has 0 atom stereocenters. The molecule has 0 rings (SSSR count). The van der Waals surface area contributed by atoms with Gasteiger partial charge in [-0.05, 0) is 13.8 Å². The standard InChI is InChI=1S/C14H23F3N2O3S/c1-12(2,8-20)9(18)7-10(21)19-11(22)13(3,4)23-6-5-14(15,16)17/h18,20H,5-8H2,1-4H3,(H,19,21,22). The summed E-state index contributed by atoms with van der Waals surface area (Å²) >= 11 is 0.807. The van der Waals surface area contributed by atoms with E-state index in [0.29, 0.717) is 0 Å². The molecular weight excluding hydrogens is 333 g/mol. The van der Waals surface area contributed by atoms with Crippen LogP contribution in [-0.2, 0) is 9.59 Å². The van der Waals surface area contributed by atoms with Crippen LogP contribution in [0.15, 0.2) is 0 Å². The van der Waals surface area contributed by atoms with Gasteiger partial charge in [0.1, 0.15) is 0 Å². The molecule has 0 saturated carbocycles. The number of alkyl halides is 3. The first kappa shape index (κ1) is 21.9. The maximum Gasteiger partial charge on any atom is 0.389 e. The molecule has 0 unspecified atom stereocenters. The Kier molecular flexibility index (Phi) is 7.75. The van der Waals surface area contributed by atoms with E-state index < -0.39 is 34.6 Å². The van der Waals surface area contributed by atoms with E-state index in [0.717, 1.165) is 11.8 Å². The van der Waals surface area contributed by atoms with Crippen molar-refractivity contribution in [2.24, 2.45) is 5.41 Å². The molecule has 0 bridgehead atoms. The second kappa shape index (κ2) is 8.14. The molecule has 0 aliphatic rings. The summed E-state index contributed by atoms with van der Waals surface area (Å²) in [5, 5.41) is 18.9. The Bertz CT molecular complexity index is 463. The fourth-order valence-electron chi connectivity index (χ4n) is 1.30. The highest BCUT2D eigenvalue weighted by Gasteiger charge is 2.33. The summed E-state index contributed by atoms with van der Waals surface area (Å²) in [5.74, 6) is -1.71. The fourth-order valence-corrected chi connectivity index (χ4v) is 2.33. The number of nitrogens with one attached hydrogen (secondary N) is 2. The van der Waals surface area contributed by atoms with E-state index in [1.807, 2.05) is 0 Å². The average molecular weight is 356 g/mol. The Hall–Kier alpha value is -1.09. The van der Waals surface area contributed by atoms with Gasteiger partial charge in [-0.3, -0.25) is 14.9 Å². The number of rotatable bonds is 8. The van der Waals surface area contributed by atoms with Gasteiger partial charge in [-0.1, -0.05) is 13.8 Å². The van der Waals surface area contributed by atoms with Crippen LogP contribution >= 0.6 is 11.8 Å². The Morgan fingerprint density at radius 3 is 2.13 bits per heavy atom. The molecule has 0 heterocycles. The van der Waals surface area contributed by atoms with Crippen molar-refractivity contribution in [3.63, 3.8) is 0 Å². The molecule has 0 aliphatic carbocycles. The van der Waals surface area contributed by atoms with E-state index in [2.05, 4.69) is 5.32 Å². The van der Waals surface area contributed by atoms with Gasteiger partial charge in [0.15, 0.2) is 0 Å². The monoisotopic (exact) mass is 356 g/mol. The number of hydrogen-bond acceptors (Lipinski definition) is 5. The van der Waals surface area contributed by atoms with E-state index in [9.17, 15) is 22.8 Å². The van der Waals surface area contributed by atoms with Crippen LogP contribution in [0.1, 0.15) is 40.5 Å². The van der Waals surface area contributed by atoms with Gasteiger partial charge in [0.05, 0.1) is 24.2 Å². The molecule has 5 nitrogen and oxygen atoms in total. The molecular formula is C14H23F3N2O3S. The van der Waals surface area contributed by atoms with Crippen molar-refractivity contribution < 1.29 is 27.9 Å². The molecule has 23 heavy (non-hydrogen) atoms. The van der Waals surface area contributed by atoms with Crippen molar-refractivity contribution >= 4 is 29.3 Å². The summed E-state index contributed by atoms with van der Waals surface area (Å²) in [7, 11) is 0. The molecule has 3 N–H and O–H groups in total. The van der Waals surface area contributed by atoms with Gasteiger partial charge in [-0.15, -0.1) is 11.8 Å². The van der Waals surface area contributed by atoms with Crippen LogP contribution in [0.25, 0.3) is 0 Å². The lowest BCUT2D eigenvalue weighted by Gasteiger charge is -2.24. The number of carbonyl (C=O) groups is 2. The smallest absolute Gasteiger partial charge is 0.389 e. The zero-order valence-corrected chi connectivity index (χ0v) is 14.5. The number of aliphatic hydroxyl groups excluding tert-OH is 1. The molecule has 0 aliphatic heterocycles. The Labute approximate surface area is 137 Å². The number of aliphatic hydroxyl groups is 1. The molecule has 2 amide bonds. The second-order valence-electron chi connectivity index (χ2n) is 6.30. The normalized spacial score (nSPS) is 12.9. The molecule has 0 saturated heterocycles. The maximum atomic E-state index is 12.1. The van der Waals surface area contributed by atoms with E-state index in [1.165, 1.54) is 13.8 Å². The topological polar surface area (TPSA) is 90.2 Å². The van der Waals surface area contributed by atoms with Crippen molar-refractivity contribution in [1.29, 1.82) is 5.41 Å². The predicted octanol–water partition coefficient (Wildman–Crippen LogP) is 2.52. The molecule has 0 fully saturated rings. The highest BCUT2D eigenvalue weighted by molar-refractivity contribution is 8.01. The largest absolute Gasteiger partial charge is 0.395 e. The minimum absolute atomic E-state index is 0.0344. The average Bonchev–Trinajstić information content (AvgIpc) is 2.36. The van der Waals surface area contributed by atoms with Crippen LogP contribution in [0, 0.1) is 10.8 Å². The molecule has 9 heteroatoms. The summed E-state index contributed by atoms with van der Waals surface area (Å²) in [6, 6.07) is 0. The summed E-state index contributed by atoms with van der Waals surface area (Å²) in [6.07, 6.45) is -5.67.